The van der Waals surface area contributed by atoms with Crippen molar-refractivity contribution in [1.82, 2.24) is 0 Å². The van der Waals surface area contributed by atoms with Crippen LogP contribution in [0.2, 0.25) is 0 Å². The monoisotopic (exact) mass is 308 g/mol. The van der Waals surface area contributed by atoms with Crippen LogP contribution in [0.3, 0.4) is 0 Å². The van der Waals surface area contributed by atoms with Crippen LogP contribution in [0.25, 0.3) is 11.1 Å². The van der Waals surface area contributed by atoms with Gasteiger partial charge >= 0.3 is 7.12 Å². The average molecular weight is 308 g/mol. The second kappa shape index (κ2) is 6.67. The van der Waals surface area contributed by atoms with E-state index in [4.69, 9.17) is 0 Å². The van der Waals surface area contributed by atoms with Crippen molar-refractivity contribution in [3.05, 3.63) is 42.2 Å². The van der Waals surface area contributed by atoms with Gasteiger partial charge in [0.1, 0.15) is 5.82 Å². The first-order valence-electron chi connectivity index (χ1n) is 5.96. The molecule has 0 saturated heterocycles. The van der Waals surface area contributed by atoms with E-state index in [1.807, 2.05) is 12.5 Å². The fourth-order valence-electron chi connectivity index (χ4n) is 2.09. The summed E-state index contributed by atoms with van der Waals surface area (Å²) in [6.07, 6.45) is 3.76. The van der Waals surface area contributed by atoms with Gasteiger partial charge in [0, 0.05) is 15.4 Å². The van der Waals surface area contributed by atoms with Gasteiger partial charge in [0.25, 0.3) is 0 Å². The minimum Gasteiger partial charge on any atom is -0.423 e. The lowest BCUT2D eigenvalue weighted by molar-refractivity contribution is 0.424. The fourth-order valence-corrected chi connectivity index (χ4v) is 3.99. The third-order valence-electron chi connectivity index (χ3n) is 2.99. The van der Waals surface area contributed by atoms with Gasteiger partial charge in [-0.05, 0) is 29.6 Å². The Labute approximate surface area is 126 Å². The van der Waals surface area contributed by atoms with Crippen molar-refractivity contribution in [3.8, 4) is 11.1 Å². The van der Waals surface area contributed by atoms with Gasteiger partial charge in [-0.25, -0.2) is 4.39 Å². The van der Waals surface area contributed by atoms with Gasteiger partial charge < -0.3 is 10.0 Å². The topological polar surface area (TPSA) is 40.5 Å². The minimum atomic E-state index is -1.53. The molecule has 0 saturated carbocycles. The van der Waals surface area contributed by atoms with Crippen molar-refractivity contribution < 1.29 is 14.4 Å². The molecule has 0 bridgehead atoms. The number of benzene rings is 2. The van der Waals surface area contributed by atoms with E-state index in [1.54, 1.807) is 30.3 Å². The average Bonchev–Trinajstić information content (AvgIpc) is 2.46. The van der Waals surface area contributed by atoms with E-state index in [9.17, 15) is 14.4 Å². The van der Waals surface area contributed by atoms with Crippen LogP contribution in [0.4, 0.5) is 4.39 Å². The van der Waals surface area contributed by atoms with E-state index in [0.29, 0.717) is 11.0 Å². The van der Waals surface area contributed by atoms with E-state index in [-0.39, 0.29) is 5.82 Å². The molecule has 0 radical (unpaired) electrons. The number of hydrogen-bond donors (Lipinski definition) is 2. The molecule has 2 nitrogen and oxygen atoms in total. The van der Waals surface area contributed by atoms with Crippen LogP contribution in [0, 0.1) is 5.82 Å². The summed E-state index contributed by atoms with van der Waals surface area (Å²) in [5, 5.41) is 18.9. The van der Waals surface area contributed by atoms with E-state index >= 15 is 0 Å². The Hall–Kier alpha value is -0.945. The molecular weight excluding hydrogens is 294 g/mol. The molecule has 0 heterocycles. The molecule has 0 aliphatic heterocycles. The molecule has 0 atom stereocenters. The zero-order valence-corrected chi connectivity index (χ0v) is 12.8. The summed E-state index contributed by atoms with van der Waals surface area (Å²) in [6.45, 7) is 0. The maximum absolute atomic E-state index is 14.0. The number of halogens is 1. The summed E-state index contributed by atoms with van der Waals surface area (Å²) >= 11 is 2.90. The van der Waals surface area contributed by atoms with Crippen LogP contribution < -0.4 is 5.46 Å². The van der Waals surface area contributed by atoms with E-state index in [0.717, 1.165) is 15.4 Å². The summed E-state index contributed by atoms with van der Waals surface area (Å²) in [5.41, 5.74) is 1.73. The molecule has 0 spiro atoms. The third-order valence-corrected chi connectivity index (χ3v) is 4.80. The second-order valence-corrected chi connectivity index (χ2v) is 5.76. The normalized spacial score (nSPS) is 10.7. The van der Waals surface area contributed by atoms with Crippen molar-refractivity contribution in [2.24, 2.45) is 0 Å². The quantitative estimate of drug-likeness (QED) is 0.673. The SMILES string of the molecule is CSc1c(B(O)O)ccc(-c2ccccc2F)c1SC. The molecule has 0 fully saturated rings. The first kappa shape index (κ1) is 15.4. The van der Waals surface area contributed by atoms with Gasteiger partial charge in [0.2, 0.25) is 0 Å². The van der Waals surface area contributed by atoms with Crippen LogP contribution in [-0.2, 0) is 0 Å². The lowest BCUT2D eigenvalue weighted by Crippen LogP contribution is -2.32. The Bertz CT molecular complexity index is 620. The lowest BCUT2D eigenvalue weighted by Gasteiger charge is -2.16. The highest BCUT2D eigenvalue weighted by atomic mass is 32.2. The van der Waals surface area contributed by atoms with E-state index < -0.39 is 7.12 Å². The van der Waals surface area contributed by atoms with E-state index in [2.05, 4.69) is 0 Å². The highest BCUT2D eigenvalue weighted by Crippen LogP contribution is 2.37. The number of thioether (sulfide) groups is 2. The Morgan fingerprint density at radius 3 is 2.10 bits per heavy atom. The van der Waals surface area contributed by atoms with Gasteiger partial charge in [0.05, 0.1) is 0 Å². The molecule has 6 heteroatoms. The van der Waals surface area contributed by atoms with Crippen molar-refractivity contribution >= 4 is 36.1 Å². The Kier molecular flexibility index (Phi) is 5.15. The Morgan fingerprint density at radius 1 is 0.900 bits per heavy atom. The zero-order valence-electron chi connectivity index (χ0n) is 11.1. The van der Waals surface area contributed by atoms with Crippen LogP contribution >= 0.6 is 23.5 Å². The molecule has 2 rings (SSSR count). The Morgan fingerprint density at radius 2 is 1.55 bits per heavy atom. The van der Waals surface area contributed by atoms with Crippen molar-refractivity contribution in [2.45, 2.75) is 9.79 Å². The molecule has 0 amide bonds. The van der Waals surface area contributed by atoms with Crippen LogP contribution in [0.15, 0.2) is 46.2 Å². The molecule has 0 aliphatic rings. The molecule has 0 unspecified atom stereocenters. The number of rotatable bonds is 4. The predicted octanol–water partition coefficient (Wildman–Crippen LogP) is 2.62. The van der Waals surface area contributed by atoms with Gasteiger partial charge in [-0.2, -0.15) is 0 Å². The van der Waals surface area contributed by atoms with Crippen molar-refractivity contribution in [3.63, 3.8) is 0 Å². The molecule has 0 aliphatic carbocycles. The minimum absolute atomic E-state index is 0.285. The summed E-state index contributed by atoms with van der Waals surface area (Å²) in [4.78, 5) is 1.63. The maximum Gasteiger partial charge on any atom is 0.489 e. The first-order valence-corrected chi connectivity index (χ1v) is 8.41. The zero-order chi connectivity index (χ0) is 14.7. The summed E-state index contributed by atoms with van der Waals surface area (Å²) in [7, 11) is -1.53. The van der Waals surface area contributed by atoms with Crippen LogP contribution in [0.1, 0.15) is 0 Å². The molecule has 2 N–H and O–H groups in total. The highest BCUT2D eigenvalue weighted by Gasteiger charge is 2.21. The van der Waals surface area contributed by atoms with E-state index in [1.165, 1.54) is 29.6 Å². The van der Waals surface area contributed by atoms with Crippen molar-refractivity contribution in [2.75, 3.05) is 12.5 Å². The smallest absolute Gasteiger partial charge is 0.423 e. The largest absolute Gasteiger partial charge is 0.489 e. The first-order chi connectivity index (χ1) is 9.60. The van der Waals surface area contributed by atoms with Gasteiger partial charge in [-0.15, -0.1) is 23.5 Å². The molecule has 2 aromatic rings. The predicted molar refractivity (Wildman–Crippen MR) is 85.2 cm³/mol. The lowest BCUT2D eigenvalue weighted by atomic mass is 9.79. The molecule has 2 aromatic carbocycles. The molecule has 0 aromatic heterocycles. The fraction of sp³-hybridized carbons (Fsp3) is 0.143. The summed E-state index contributed by atoms with van der Waals surface area (Å²) < 4.78 is 14.0. The van der Waals surface area contributed by atoms with Crippen molar-refractivity contribution in [1.29, 1.82) is 0 Å². The van der Waals surface area contributed by atoms with Gasteiger partial charge in [-0.1, -0.05) is 30.3 Å². The number of hydrogen-bond acceptors (Lipinski definition) is 4. The summed E-state index contributed by atoms with van der Waals surface area (Å²) in [6, 6.07) is 9.96. The summed E-state index contributed by atoms with van der Waals surface area (Å²) in [5.74, 6) is -0.285. The third kappa shape index (κ3) is 2.88. The van der Waals surface area contributed by atoms with Crippen LogP contribution in [-0.4, -0.2) is 29.7 Å². The molecular formula is C14H14BFO2S2. The highest BCUT2D eigenvalue weighted by molar-refractivity contribution is 8.01. The molecule has 104 valence electrons. The standard InChI is InChI=1S/C14H14BFO2S2/c1-19-13-10(9-5-3-4-6-12(9)16)7-8-11(15(17)18)14(13)20-2/h3-8,17-18H,1-2H3. The second-order valence-electron chi connectivity index (χ2n) is 4.12. The molecule has 20 heavy (non-hydrogen) atoms. The van der Waals surface area contributed by atoms with Gasteiger partial charge in [0.15, 0.2) is 0 Å². The van der Waals surface area contributed by atoms with Crippen LogP contribution in [0.5, 0.6) is 0 Å². The van der Waals surface area contributed by atoms with Gasteiger partial charge in [-0.3, -0.25) is 0 Å². The Balaban J connectivity index is 2.70. The maximum atomic E-state index is 14.0.